The maximum absolute atomic E-state index is 6.00. The van der Waals surface area contributed by atoms with Crippen molar-refractivity contribution in [3.8, 4) is 0 Å². The van der Waals surface area contributed by atoms with Crippen LogP contribution in [-0.4, -0.2) is 10.5 Å². The summed E-state index contributed by atoms with van der Waals surface area (Å²) < 4.78 is 0. The van der Waals surface area contributed by atoms with E-state index in [0.717, 1.165) is 0 Å². The third kappa shape index (κ3) is 1.38. The lowest BCUT2D eigenvalue weighted by Crippen LogP contribution is -2.38. The van der Waals surface area contributed by atoms with Gasteiger partial charge in [0.25, 0.3) is 0 Å². The molecule has 4 aliphatic carbocycles. The molecule has 0 saturated heterocycles. The lowest BCUT2D eigenvalue weighted by molar-refractivity contribution is -0.176. The summed E-state index contributed by atoms with van der Waals surface area (Å²) in [6, 6.07) is 0. The van der Waals surface area contributed by atoms with Crippen LogP contribution in [0.3, 0.4) is 0 Å². The smallest absolute Gasteiger partial charge is 0.0406 e. The minimum Gasteiger partial charge on any atom is -0.255 e. The monoisotopic (exact) mass is 170 g/mol. The molecular formula is C10H18O2. The Balaban J connectivity index is 0.000000264. The van der Waals surface area contributed by atoms with Crippen LogP contribution >= 0.6 is 0 Å². The van der Waals surface area contributed by atoms with Gasteiger partial charge in [-0.05, 0) is 62.2 Å². The van der Waals surface area contributed by atoms with Crippen molar-refractivity contribution in [1.29, 1.82) is 0 Å². The van der Waals surface area contributed by atoms with Crippen LogP contribution in [0.2, 0.25) is 0 Å². The highest BCUT2D eigenvalue weighted by atomic mass is 17.0. The van der Waals surface area contributed by atoms with Gasteiger partial charge in [-0.15, -0.1) is 0 Å². The summed E-state index contributed by atoms with van der Waals surface area (Å²) in [6.45, 7) is 0. The third-order valence-corrected chi connectivity index (χ3v) is 4.00. The van der Waals surface area contributed by atoms with E-state index >= 15 is 0 Å². The maximum atomic E-state index is 6.00. The first kappa shape index (κ1) is 8.52. The van der Waals surface area contributed by atoms with Crippen molar-refractivity contribution in [3.63, 3.8) is 0 Å². The van der Waals surface area contributed by atoms with Gasteiger partial charge in [0.15, 0.2) is 0 Å². The molecule has 0 aromatic rings. The molecule has 0 spiro atoms. The van der Waals surface area contributed by atoms with Crippen LogP contribution in [0.5, 0.6) is 0 Å². The molecule has 4 bridgehead atoms. The Kier molecular flexibility index (Phi) is 2.37. The van der Waals surface area contributed by atoms with Gasteiger partial charge in [-0.25, -0.2) is 0 Å². The Morgan fingerprint density at radius 3 is 0.833 bits per heavy atom. The topological polar surface area (TPSA) is 40.5 Å². The van der Waals surface area contributed by atoms with Crippen LogP contribution in [-0.2, 0) is 0 Å². The quantitative estimate of drug-likeness (QED) is 0.433. The van der Waals surface area contributed by atoms with Crippen LogP contribution in [0.1, 0.15) is 38.5 Å². The van der Waals surface area contributed by atoms with E-state index in [4.69, 9.17) is 10.5 Å². The number of rotatable bonds is 0. The predicted octanol–water partition coefficient (Wildman–Crippen LogP) is 2.85. The fourth-order valence-electron chi connectivity index (χ4n) is 3.98. The Morgan fingerprint density at radius 1 is 0.500 bits per heavy atom. The molecule has 4 aliphatic rings. The average Bonchev–Trinajstić information content (AvgIpc) is 2.05. The van der Waals surface area contributed by atoms with E-state index in [1.807, 2.05) is 0 Å². The predicted molar refractivity (Wildman–Crippen MR) is 46.9 cm³/mol. The van der Waals surface area contributed by atoms with Crippen LogP contribution < -0.4 is 0 Å². The third-order valence-electron chi connectivity index (χ3n) is 4.00. The van der Waals surface area contributed by atoms with Crippen LogP contribution in [0.25, 0.3) is 0 Å². The minimum atomic E-state index is 1.18. The van der Waals surface area contributed by atoms with E-state index in [1.165, 1.54) is 23.7 Å². The molecule has 2 nitrogen and oxygen atoms in total. The van der Waals surface area contributed by atoms with Gasteiger partial charge < -0.3 is 0 Å². The van der Waals surface area contributed by atoms with E-state index in [-0.39, 0.29) is 0 Å². The molecule has 0 amide bonds. The van der Waals surface area contributed by atoms with E-state index in [0.29, 0.717) is 0 Å². The Labute approximate surface area is 73.5 Å². The van der Waals surface area contributed by atoms with Gasteiger partial charge in [0.2, 0.25) is 0 Å². The molecule has 0 aromatic carbocycles. The summed E-state index contributed by atoms with van der Waals surface area (Å²) in [7, 11) is 0. The highest BCUT2D eigenvalue weighted by Crippen LogP contribution is 2.53. The van der Waals surface area contributed by atoms with Gasteiger partial charge >= 0.3 is 0 Å². The molecule has 70 valence electrons. The second-order valence-corrected chi connectivity index (χ2v) is 4.88. The van der Waals surface area contributed by atoms with E-state index in [1.54, 1.807) is 38.5 Å². The lowest BCUT2D eigenvalue weighted by atomic mass is 9.56. The SMILES string of the molecule is C1C2CC3CC1CC(C2)C3.OO. The van der Waals surface area contributed by atoms with Crippen molar-refractivity contribution in [1.82, 2.24) is 0 Å². The van der Waals surface area contributed by atoms with E-state index in [9.17, 15) is 0 Å². The highest BCUT2D eigenvalue weighted by Gasteiger charge is 2.41. The average molecular weight is 170 g/mol. The van der Waals surface area contributed by atoms with E-state index in [2.05, 4.69) is 0 Å². The molecule has 2 N–H and O–H groups in total. The van der Waals surface area contributed by atoms with Crippen molar-refractivity contribution in [2.24, 2.45) is 23.7 Å². The summed E-state index contributed by atoms with van der Waals surface area (Å²) in [4.78, 5) is 0. The normalized spacial score (nSPS) is 48.5. The van der Waals surface area contributed by atoms with Crippen molar-refractivity contribution in [2.45, 2.75) is 38.5 Å². The first-order chi connectivity index (χ1) is 5.90. The number of hydrogen-bond donors (Lipinski definition) is 2. The zero-order valence-corrected chi connectivity index (χ0v) is 7.45. The van der Waals surface area contributed by atoms with Gasteiger partial charge in [0, 0.05) is 0 Å². The molecule has 0 heterocycles. The highest BCUT2D eigenvalue weighted by molar-refractivity contribution is 4.92. The molecule has 2 heteroatoms. The maximum Gasteiger partial charge on any atom is -0.0406 e. The first-order valence-corrected chi connectivity index (χ1v) is 5.10. The van der Waals surface area contributed by atoms with Gasteiger partial charge in [-0.2, -0.15) is 0 Å². The Bertz CT molecular complexity index is 99.4. The molecule has 0 atom stereocenters. The molecule has 4 saturated carbocycles. The Morgan fingerprint density at radius 2 is 0.667 bits per heavy atom. The van der Waals surface area contributed by atoms with Gasteiger partial charge in [-0.3, -0.25) is 10.5 Å². The molecule has 0 unspecified atom stereocenters. The molecule has 12 heavy (non-hydrogen) atoms. The van der Waals surface area contributed by atoms with Gasteiger partial charge in [0.1, 0.15) is 0 Å². The van der Waals surface area contributed by atoms with Crippen molar-refractivity contribution >= 4 is 0 Å². The summed E-state index contributed by atoms with van der Waals surface area (Å²) in [5.41, 5.74) is 0. The summed E-state index contributed by atoms with van der Waals surface area (Å²) in [6.07, 6.45) is 9.62. The van der Waals surface area contributed by atoms with Crippen LogP contribution in [0.15, 0.2) is 0 Å². The second kappa shape index (κ2) is 3.35. The van der Waals surface area contributed by atoms with Crippen molar-refractivity contribution < 1.29 is 10.5 Å². The molecule has 0 radical (unpaired) electrons. The van der Waals surface area contributed by atoms with Crippen molar-refractivity contribution in [3.05, 3.63) is 0 Å². The van der Waals surface area contributed by atoms with Crippen LogP contribution in [0.4, 0.5) is 0 Å². The van der Waals surface area contributed by atoms with Gasteiger partial charge in [-0.1, -0.05) is 0 Å². The molecular weight excluding hydrogens is 152 g/mol. The van der Waals surface area contributed by atoms with E-state index < -0.39 is 0 Å². The second-order valence-electron chi connectivity index (χ2n) is 4.88. The minimum absolute atomic E-state index is 1.18. The summed E-state index contributed by atoms with van der Waals surface area (Å²) in [5, 5.41) is 12.0. The van der Waals surface area contributed by atoms with Crippen LogP contribution in [0, 0.1) is 23.7 Å². The molecule has 0 aromatic heterocycles. The molecule has 4 fully saturated rings. The van der Waals surface area contributed by atoms with Crippen molar-refractivity contribution in [2.75, 3.05) is 0 Å². The lowest BCUT2D eigenvalue weighted by Gasteiger charge is -2.49. The zero-order chi connectivity index (χ0) is 8.55. The Hall–Kier alpha value is -0.0800. The zero-order valence-electron chi connectivity index (χ0n) is 7.45. The summed E-state index contributed by atoms with van der Waals surface area (Å²) in [5.74, 6) is 4.71. The fourth-order valence-corrected chi connectivity index (χ4v) is 3.98. The summed E-state index contributed by atoms with van der Waals surface area (Å²) >= 11 is 0. The molecule has 4 rings (SSSR count). The largest absolute Gasteiger partial charge is 0.255 e. The van der Waals surface area contributed by atoms with Gasteiger partial charge in [0.05, 0.1) is 0 Å². The fraction of sp³-hybridized carbons (Fsp3) is 1.00. The standard InChI is InChI=1S/C10H16.H2O2/c1-7-2-9-4-8(1)5-10(3-7)6-9;1-2/h7-10H,1-6H2;1-2H. The molecule has 0 aliphatic heterocycles. The first-order valence-electron chi connectivity index (χ1n) is 5.10. The number of hydrogen-bond acceptors (Lipinski definition) is 2.